The quantitative estimate of drug-likeness (QED) is 0.611. The number of alkyl halides is 3. The van der Waals surface area contributed by atoms with Crippen molar-refractivity contribution in [2.24, 2.45) is 0 Å². The van der Waals surface area contributed by atoms with Crippen molar-refractivity contribution in [1.82, 2.24) is 0 Å². The second kappa shape index (κ2) is 4.23. The standard InChI is InChI=1S/C9H7F3O5S/c10-9(11,12)18(13,14)17-7-3-1-2-6-8(7)16-5-4-15-6/h1-3H,4-5H2. The van der Waals surface area contributed by atoms with E-state index in [9.17, 15) is 21.6 Å². The van der Waals surface area contributed by atoms with Gasteiger partial charge in [-0.3, -0.25) is 0 Å². The molecular formula is C9H7F3O5S. The number of hydrogen-bond donors (Lipinski definition) is 0. The van der Waals surface area contributed by atoms with E-state index in [4.69, 9.17) is 9.47 Å². The molecule has 0 amide bonds. The molecule has 0 N–H and O–H groups in total. The number of para-hydroxylation sites is 1. The second-order valence-corrected chi connectivity index (χ2v) is 4.80. The highest BCUT2D eigenvalue weighted by molar-refractivity contribution is 7.88. The van der Waals surface area contributed by atoms with Gasteiger partial charge in [0.25, 0.3) is 0 Å². The summed E-state index contributed by atoms with van der Waals surface area (Å²) in [5.74, 6) is -0.572. The van der Waals surface area contributed by atoms with E-state index in [0.29, 0.717) is 0 Å². The van der Waals surface area contributed by atoms with Crippen LogP contribution in [0.1, 0.15) is 0 Å². The van der Waals surface area contributed by atoms with Gasteiger partial charge in [0, 0.05) is 0 Å². The minimum atomic E-state index is -5.72. The first-order chi connectivity index (χ1) is 8.31. The van der Waals surface area contributed by atoms with Crippen LogP contribution in [0, 0.1) is 0 Å². The van der Waals surface area contributed by atoms with Gasteiger partial charge in [0.2, 0.25) is 5.75 Å². The van der Waals surface area contributed by atoms with Crippen LogP contribution in [0.25, 0.3) is 0 Å². The van der Waals surface area contributed by atoms with Crippen molar-refractivity contribution >= 4 is 10.1 Å². The highest BCUT2D eigenvalue weighted by Gasteiger charge is 2.49. The monoisotopic (exact) mass is 284 g/mol. The highest BCUT2D eigenvalue weighted by Crippen LogP contribution is 2.41. The number of hydrogen-bond acceptors (Lipinski definition) is 5. The van der Waals surface area contributed by atoms with Crippen LogP contribution in [0.3, 0.4) is 0 Å². The number of rotatable bonds is 2. The smallest absolute Gasteiger partial charge is 0.486 e. The van der Waals surface area contributed by atoms with Gasteiger partial charge in [0.05, 0.1) is 0 Å². The minimum Gasteiger partial charge on any atom is -0.486 e. The van der Waals surface area contributed by atoms with Gasteiger partial charge in [-0.15, -0.1) is 0 Å². The first-order valence-electron chi connectivity index (χ1n) is 4.70. The second-order valence-electron chi connectivity index (χ2n) is 3.26. The summed E-state index contributed by atoms with van der Waals surface area (Å²) >= 11 is 0. The number of fused-ring (bicyclic) bond motifs is 1. The fraction of sp³-hybridized carbons (Fsp3) is 0.333. The van der Waals surface area contributed by atoms with Gasteiger partial charge in [-0.1, -0.05) is 6.07 Å². The molecule has 0 spiro atoms. The molecule has 0 saturated heterocycles. The highest BCUT2D eigenvalue weighted by atomic mass is 32.2. The average molecular weight is 284 g/mol. The molecule has 0 bridgehead atoms. The predicted molar refractivity (Wildman–Crippen MR) is 53.0 cm³/mol. The summed E-state index contributed by atoms with van der Waals surface area (Å²) in [6, 6.07) is 3.78. The van der Waals surface area contributed by atoms with Crippen LogP contribution in [0.5, 0.6) is 17.2 Å². The molecule has 0 aromatic heterocycles. The van der Waals surface area contributed by atoms with E-state index < -0.39 is 21.4 Å². The number of ether oxygens (including phenoxy) is 2. The van der Waals surface area contributed by atoms with Crippen molar-refractivity contribution in [3.63, 3.8) is 0 Å². The van der Waals surface area contributed by atoms with Crippen molar-refractivity contribution in [3.05, 3.63) is 18.2 Å². The van der Waals surface area contributed by atoms with E-state index in [1.54, 1.807) is 0 Å². The van der Waals surface area contributed by atoms with Crippen LogP contribution in [-0.4, -0.2) is 27.1 Å². The molecule has 0 saturated carbocycles. The van der Waals surface area contributed by atoms with E-state index >= 15 is 0 Å². The lowest BCUT2D eigenvalue weighted by molar-refractivity contribution is -0.0501. The molecule has 1 heterocycles. The lowest BCUT2D eigenvalue weighted by atomic mass is 10.3. The molecule has 0 atom stereocenters. The van der Waals surface area contributed by atoms with Crippen LogP contribution in [0.4, 0.5) is 13.2 Å². The zero-order valence-corrected chi connectivity index (χ0v) is 9.55. The molecule has 100 valence electrons. The predicted octanol–water partition coefficient (Wildman–Crippen LogP) is 1.69. The van der Waals surface area contributed by atoms with Gasteiger partial charge < -0.3 is 13.7 Å². The summed E-state index contributed by atoms with van der Waals surface area (Å²) in [7, 11) is -5.72. The van der Waals surface area contributed by atoms with E-state index in [1.807, 2.05) is 0 Å². The SMILES string of the molecule is O=S(=O)(Oc1cccc2c1OCCO2)C(F)(F)F. The Kier molecular flexibility index (Phi) is 3.01. The van der Waals surface area contributed by atoms with Crippen LogP contribution in [0.15, 0.2) is 18.2 Å². The third-order valence-electron chi connectivity index (χ3n) is 2.01. The summed E-state index contributed by atoms with van der Waals surface area (Å²) in [6.45, 7) is 0.321. The fourth-order valence-electron chi connectivity index (χ4n) is 1.28. The summed E-state index contributed by atoms with van der Waals surface area (Å²) in [5, 5.41) is 0. The van der Waals surface area contributed by atoms with Crippen LogP contribution in [0.2, 0.25) is 0 Å². The first-order valence-corrected chi connectivity index (χ1v) is 6.11. The Labute approximate surface area is 100 Å². The molecular weight excluding hydrogens is 277 g/mol. The van der Waals surface area contributed by atoms with E-state index in [-0.39, 0.29) is 24.7 Å². The fourth-order valence-corrected chi connectivity index (χ4v) is 1.74. The maximum Gasteiger partial charge on any atom is 0.534 e. The molecule has 0 radical (unpaired) electrons. The molecule has 1 aliphatic heterocycles. The topological polar surface area (TPSA) is 61.8 Å². The lowest BCUT2D eigenvalue weighted by Crippen LogP contribution is -2.28. The van der Waals surface area contributed by atoms with Gasteiger partial charge >= 0.3 is 15.6 Å². The van der Waals surface area contributed by atoms with E-state index in [1.165, 1.54) is 12.1 Å². The third kappa shape index (κ3) is 2.30. The number of halogens is 3. The van der Waals surface area contributed by atoms with Gasteiger partial charge in [-0.25, -0.2) is 0 Å². The molecule has 0 aliphatic carbocycles. The molecule has 2 rings (SSSR count). The summed E-state index contributed by atoms with van der Waals surface area (Å²) in [5.41, 5.74) is -5.49. The van der Waals surface area contributed by atoms with Crippen molar-refractivity contribution in [3.8, 4) is 17.2 Å². The molecule has 9 heteroatoms. The van der Waals surface area contributed by atoms with Gasteiger partial charge in [0.15, 0.2) is 11.5 Å². The van der Waals surface area contributed by atoms with E-state index in [2.05, 4.69) is 4.18 Å². The Morgan fingerprint density at radius 2 is 1.83 bits per heavy atom. The maximum absolute atomic E-state index is 12.2. The zero-order chi connectivity index (χ0) is 13.4. The Hall–Kier alpha value is -1.64. The average Bonchev–Trinajstić information content (AvgIpc) is 2.27. The Morgan fingerprint density at radius 3 is 2.50 bits per heavy atom. The molecule has 0 unspecified atom stereocenters. The minimum absolute atomic E-state index is 0.0967. The summed E-state index contributed by atoms with van der Waals surface area (Å²) in [4.78, 5) is 0. The first kappa shape index (κ1) is 12.8. The normalized spacial score (nSPS) is 15.3. The lowest BCUT2D eigenvalue weighted by Gasteiger charge is -2.20. The Bertz CT molecular complexity index is 552. The van der Waals surface area contributed by atoms with E-state index in [0.717, 1.165) is 6.07 Å². The number of benzene rings is 1. The Balaban J connectivity index is 2.36. The van der Waals surface area contributed by atoms with Crippen molar-refractivity contribution in [1.29, 1.82) is 0 Å². The van der Waals surface area contributed by atoms with Crippen LogP contribution in [-0.2, 0) is 10.1 Å². The van der Waals surface area contributed by atoms with Crippen LogP contribution < -0.4 is 13.7 Å². The zero-order valence-electron chi connectivity index (χ0n) is 8.73. The maximum atomic E-state index is 12.2. The van der Waals surface area contributed by atoms with Gasteiger partial charge in [-0.05, 0) is 12.1 Å². The van der Waals surface area contributed by atoms with Crippen molar-refractivity contribution in [2.75, 3.05) is 13.2 Å². The van der Waals surface area contributed by atoms with Crippen LogP contribution >= 0.6 is 0 Å². The third-order valence-corrected chi connectivity index (χ3v) is 2.98. The Morgan fingerprint density at radius 1 is 1.17 bits per heavy atom. The summed E-state index contributed by atoms with van der Waals surface area (Å²) in [6.07, 6.45) is 0. The van der Waals surface area contributed by atoms with Gasteiger partial charge in [0.1, 0.15) is 13.2 Å². The molecule has 18 heavy (non-hydrogen) atoms. The molecule has 5 nitrogen and oxygen atoms in total. The molecule has 1 aromatic rings. The molecule has 0 fully saturated rings. The van der Waals surface area contributed by atoms with Crippen molar-refractivity contribution < 1.29 is 35.2 Å². The largest absolute Gasteiger partial charge is 0.534 e. The molecule has 1 aromatic carbocycles. The van der Waals surface area contributed by atoms with Crippen molar-refractivity contribution in [2.45, 2.75) is 5.51 Å². The summed E-state index contributed by atoms with van der Waals surface area (Å²) < 4.78 is 72.3. The molecule has 1 aliphatic rings. The van der Waals surface area contributed by atoms with Gasteiger partial charge in [-0.2, -0.15) is 21.6 Å².